The number of rotatable bonds is 3. The van der Waals surface area contributed by atoms with Gasteiger partial charge in [0.1, 0.15) is 0 Å². The Morgan fingerprint density at radius 1 is 1.43 bits per heavy atom. The Labute approximate surface area is 91.3 Å². The Balaban J connectivity index is 2.90. The van der Waals surface area contributed by atoms with Gasteiger partial charge in [0, 0.05) is 6.42 Å². The molecule has 0 saturated carbocycles. The van der Waals surface area contributed by atoms with Gasteiger partial charge in [-0.3, -0.25) is 0 Å². The number of thiocarbonyl (C=S) groups is 1. The zero-order valence-electron chi connectivity index (χ0n) is 9.00. The maximum Gasteiger partial charge on any atom is 0.0733 e. The van der Waals surface area contributed by atoms with Crippen LogP contribution in [-0.4, -0.2) is 4.99 Å². The first kappa shape index (κ1) is 11.2. The normalized spacial score (nSPS) is 12.5. The number of hydrogen-bond donors (Lipinski definition) is 1. The lowest BCUT2D eigenvalue weighted by molar-refractivity contribution is 0.799. The van der Waals surface area contributed by atoms with E-state index in [2.05, 4.69) is 39.0 Å². The topological polar surface area (TPSA) is 26.0 Å². The molecule has 1 unspecified atom stereocenters. The number of benzene rings is 1. The quantitative estimate of drug-likeness (QED) is 0.771. The van der Waals surface area contributed by atoms with Crippen LogP contribution in [0.25, 0.3) is 0 Å². The van der Waals surface area contributed by atoms with Gasteiger partial charge >= 0.3 is 0 Å². The van der Waals surface area contributed by atoms with Crippen molar-refractivity contribution in [3.05, 3.63) is 34.9 Å². The van der Waals surface area contributed by atoms with Crippen LogP contribution in [0, 0.1) is 13.8 Å². The summed E-state index contributed by atoms with van der Waals surface area (Å²) < 4.78 is 0. The molecule has 0 heterocycles. The standard InChI is InChI=1S/C12H17NS/c1-8-4-5-11(9(2)6-8)10(3)7-12(13)14/h4-6,10H,7H2,1-3H3,(H2,13,14). The fourth-order valence-corrected chi connectivity index (χ4v) is 2.04. The molecule has 76 valence electrons. The van der Waals surface area contributed by atoms with Crippen LogP contribution in [0.3, 0.4) is 0 Å². The van der Waals surface area contributed by atoms with Crippen molar-refractivity contribution < 1.29 is 0 Å². The lowest BCUT2D eigenvalue weighted by Crippen LogP contribution is -2.12. The second-order valence-electron chi connectivity index (χ2n) is 3.93. The molecule has 0 spiro atoms. The fourth-order valence-electron chi connectivity index (χ4n) is 1.79. The molecular formula is C12H17NS. The summed E-state index contributed by atoms with van der Waals surface area (Å²) in [5.74, 6) is 0.424. The zero-order valence-corrected chi connectivity index (χ0v) is 9.82. The molecule has 1 aromatic carbocycles. The molecular weight excluding hydrogens is 190 g/mol. The second-order valence-corrected chi connectivity index (χ2v) is 4.46. The van der Waals surface area contributed by atoms with Crippen molar-refractivity contribution in [1.29, 1.82) is 0 Å². The van der Waals surface area contributed by atoms with Crippen molar-refractivity contribution in [1.82, 2.24) is 0 Å². The number of aryl methyl sites for hydroxylation is 2. The smallest absolute Gasteiger partial charge is 0.0733 e. The minimum atomic E-state index is 0.424. The molecule has 0 radical (unpaired) electrons. The van der Waals surface area contributed by atoms with E-state index in [1.807, 2.05) is 0 Å². The van der Waals surface area contributed by atoms with Crippen LogP contribution >= 0.6 is 12.2 Å². The highest BCUT2D eigenvalue weighted by atomic mass is 32.1. The lowest BCUT2D eigenvalue weighted by atomic mass is 9.93. The van der Waals surface area contributed by atoms with Crippen molar-refractivity contribution in [2.45, 2.75) is 33.1 Å². The van der Waals surface area contributed by atoms with Crippen LogP contribution in [0.5, 0.6) is 0 Å². The van der Waals surface area contributed by atoms with Gasteiger partial charge in [0.15, 0.2) is 0 Å². The summed E-state index contributed by atoms with van der Waals surface area (Å²) in [5.41, 5.74) is 9.52. The van der Waals surface area contributed by atoms with Crippen LogP contribution in [0.2, 0.25) is 0 Å². The van der Waals surface area contributed by atoms with Crippen LogP contribution in [-0.2, 0) is 0 Å². The van der Waals surface area contributed by atoms with E-state index in [0.29, 0.717) is 10.9 Å². The summed E-state index contributed by atoms with van der Waals surface area (Å²) in [6.07, 6.45) is 0.791. The molecule has 0 aromatic heterocycles. The largest absolute Gasteiger partial charge is 0.393 e. The third-order valence-corrected chi connectivity index (χ3v) is 2.63. The Morgan fingerprint density at radius 3 is 2.57 bits per heavy atom. The third kappa shape index (κ3) is 2.81. The SMILES string of the molecule is Cc1ccc(C(C)CC(N)=S)c(C)c1. The summed E-state index contributed by atoms with van der Waals surface area (Å²) in [4.78, 5) is 0.595. The predicted octanol–water partition coefficient (Wildman–Crippen LogP) is 3.08. The highest BCUT2D eigenvalue weighted by Gasteiger charge is 2.09. The zero-order chi connectivity index (χ0) is 10.7. The van der Waals surface area contributed by atoms with E-state index in [9.17, 15) is 0 Å². The van der Waals surface area contributed by atoms with Crippen LogP contribution in [0.1, 0.15) is 36.0 Å². The van der Waals surface area contributed by atoms with E-state index in [-0.39, 0.29) is 0 Å². The molecule has 1 rings (SSSR count). The molecule has 0 fully saturated rings. The van der Waals surface area contributed by atoms with Crippen molar-refractivity contribution in [3.8, 4) is 0 Å². The first-order valence-electron chi connectivity index (χ1n) is 4.86. The molecule has 1 nitrogen and oxygen atoms in total. The van der Waals surface area contributed by atoms with E-state index in [1.54, 1.807) is 0 Å². The summed E-state index contributed by atoms with van der Waals surface area (Å²) in [5, 5.41) is 0. The van der Waals surface area contributed by atoms with Gasteiger partial charge in [-0.15, -0.1) is 0 Å². The van der Waals surface area contributed by atoms with Gasteiger partial charge in [0.2, 0.25) is 0 Å². The summed E-state index contributed by atoms with van der Waals surface area (Å²) >= 11 is 4.92. The molecule has 0 amide bonds. The average Bonchev–Trinajstić information content (AvgIpc) is 2.01. The van der Waals surface area contributed by atoms with Crippen molar-refractivity contribution in [2.24, 2.45) is 5.73 Å². The van der Waals surface area contributed by atoms with E-state index in [0.717, 1.165) is 6.42 Å². The fraction of sp³-hybridized carbons (Fsp3) is 0.417. The van der Waals surface area contributed by atoms with Crippen LogP contribution in [0.15, 0.2) is 18.2 Å². The molecule has 0 saturated heterocycles. The monoisotopic (exact) mass is 207 g/mol. The molecule has 2 heteroatoms. The van der Waals surface area contributed by atoms with Gasteiger partial charge in [-0.2, -0.15) is 0 Å². The molecule has 14 heavy (non-hydrogen) atoms. The molecule has 0 aliphatic heterocycles. The third-order valence-electron chi connectivity index (χ3n) is 2.46. The van der Waals surface area contributed by atoms with Crippen molar-refractivity contribution in [2.75, 3.05) is 0 Å². The van der Waals surface area contributed by atoms with Gasteiger partial charge in [0.25, 0.3) is 0 Å². The Kier molecular flexibility index (Phi) is 3.64. The molecule has 1 atom stereocenters. The Morgan fingerprint density at radius 2 is 2.07 bits per heavy atom. The summed E-state index contributed by atoms with van der Waals surface area (Å²) in [7, 11) is 0. The van der Waals surface area contributed by atoms with Crippen molar-refractivity contribution >= 4 is 17.2 Å². The molecule has 0 bridgehead atoms. The maximum absolute atomic E-state index is 5.54. The summed E-state index contributed by atoms with van der Waals surface area (Å²) in [6, 6.07) is 6.51. The van der Waals surface area contributed by atoms with Crippen molar-refractivity contribution in [3.63, 3.8) is 0 Å². The van der Waals surface area contributed by atoms with Crippen LogP contribution in [0.4, 0.5) is 0 Å². The predicted molar refractivity (Wildman–Crippen MR) is 65.7 cm³/mol. The van der Waals surface area contributed by atoms with Gasteiger partial charge in [-0.05, 0) is 30.9 Å². The highest BCUT2D eigenvalue weighted by molar-refractivity contribution is 7.80. The molecule has 1 aromatic rings. The number of hydrogen-bond acceptors (Lipinski definition) is 1. The van der Waals surface area contributed by atoms with Crippen LogP contribution < -0.4 is 5.73 Å². The average molecular weight is 207 g/mol. The molecule has 0 aliphatic rings. The minimum absolute atomic E-state index is 0.424. The summed E-state index contributed by atoms with van der Waals surface area (Å²) in [6.45, 7) is 6.41. The maximum atomic E-state index is 5.54. The van der Waals surface area contributed by atoms with Gasteiger partial charge in [0.05, 0.1) is 4.99 Å². The van der Waals surface area contributed by atoms with E-state index < -0.39 is 0 Å². The highest BCUT2D eigenvalue weighted by Crippen LogP contribution is 2.23. The molecule has 2 N–H and O–H groups in total. The van der Waals surface area contributed by atoms with Gasteiger partial charge < -0.3 is 5.73 Å². The van der Waals surface area contributed by atoms with Gasteiger partial charge in [-0.1, -0.05) is 42.9 Å². The first-order valence-corrected chi connectivity index (χ1v) is 5.27. The molecule has 0 aliphatic carbocycles. The Bertz CT molecular complexity index is 344. The van der Waals surface area contributed by atoms with E-state index in [1.165, 1.54) is 16.7 Å². The minimum Gasteiger partial charge on any atom is -0.393 e. The van der Waals surface area contributed by atoms with E-state index >= 15 is 0 Å². The first-order chi connectivity index (χ1) is 6.50. The Hall–Kier alpha value is -0.890. The number of nitrogens with two attached hydrogens (primary N) is 1. The second kappa shape index (κ2) is 4.56. The lowest BCUT2D eigenvalue weighted by Gasteiger charge is -2.14. The van der Waals surface area contributed by atoms with E-state index in [4.69, 9.17) is 18.0 Å². The van der Waals surface area contributed by atoms with Gasteiger partial charge in [-0.25, -0.2) is 0 Å².